The van der Waals surface area contributed by atoms with E-state index in [2.05, 4.69) is 11.7 Å². The quantitative estimate of drug-likeness (QED) is 0.268. The summed E-state index contributed by atoms with van der Waals surface area (Å²) in [5.41, 5.74) is 4.59. The molecule has 1 atom stereocenters. The van der Waals surface area contributed by atoms with Crippen molar-refractivity contribution in [2.45, 2.75) is 31.7 Å². The number of nitrogens with zero attached hydrogens (tertiary/aromatic N) is 1. The lowest BCUT2D eigenvalue weighted by molar-refractivity contribution is -0.149. The molecule has 0 bridgehead atoms. The van der Waals surface area contributed by atoms with E-state index >= 15 is 0 Å². The van der Waals surface area contributed by atoms with Gasteiger partial charge in [-0.3, -0.25) is 21.4 Å². The van der Waals surface area contributed by atoms with Crippen molar-refractivity contribution in [2.24, 2.45) is 17.4 Å². The SMILES string of the molecule is CN(C)[C@@](C)(CCCCN)C(=O)O.NN. The Kier molecular flexibility index (Phi) is 9.60. The lowest BCUT2D eigenvalue weighted by Gasteiger charge is -2.32. The molecule has 6 nitrogen and oxygen atoms in total. The monoisotopic (exact) mass is 220 g/mol. The third-order valence-electron chi connectivity index (χ3n) is 2.57. The number of carbonyl (C=O) groups is 1. The smallest absolute Gasteiger partial charge is 0.323 e. The van der Waals surface area contributed by atoms with Gasteiger partial charge in [0.15, 0.2) is 0 Å². The molecule has 0 rings (SSSR count). The molecule has 0 aromatic carbocycles. The van der Waals surface area contributed by atoms with Gasteiger partial charge in [-0.15, -0.1) is 0 Å². The van der Waals surface area contributed by atoms with E-state index < -0.39 is 11.5 Å². The molecule has 0 aliphatic heterocycles. The predicted octanol–water partition coefficient (Wildman–Crippen LogP) is -0.661. The fourth-order valence-electron chi connectivity index (χ4n) is 1.14. The number of aliphatic carboxylic acids is 1. The summed E-state index contributed by atoms with van der Waals surface area (Å²) in [6.45, 7) is 2.37. The van der Waals surface area contributed by atoms with Gasteiger partial charge in [0.1, 0.15) is 5.54 Å². The highest BCUT2D eigenvalue weighted by Gasteiger charge is 2.34. The fraction of sp³-hybridized carbons (Fsp3) is 0.889. The minimum Gasteiger partial charge on any atom is -0.480 e. The van der Waals surface area contributed by atoms with Gasteiger partial charge in [0.25, 0.3) is 0 Å². The van der Waals surface area contributed by atoms with Crippen LogP contribution in [0.3, 0.4) is 0 Å². The molecule has 0 aliphatic carbocycles. The number of unbranched alkanes of at least 4 members (excludes halogenated alkanes) is 1. The minimum atomic E-state index is -0.769. The van der Waals surface area contributed by atoms with E-state index in [4.69, 9.17) is 10.8 Å². The van der Waals surface area contributed by atoms with Crippen molar-refractivity contribution in [3.63, 3.8) is 0 Å². The van der Waals surface area contributed by atoms with Crippen LogP contribution in [0.2, 0.25) is 0 Å². The van der Waals surface area contributed by atoms with E-state index in [0.717, 1.165) is 12.8 Å². The third-order valence-corrected chi connectivity index (χ3v) is 2.57. The number of carboxylic acid groups (broad SMARTS) is 1. The van der Waals surface area contributed by atoms with Crippen molar-refractivity contribution in [3.8, 4) is 0 Å². The molecule has 0 unspecified atom stereocenters. The maximum Gasteiger partial charge on any atom is 0.323 e. The van der Waals surface area contributed by atoms with Gasteiger partial charge in [0.05, 0.1) is 0 Å². The highest BCUT2D eigenvalue weighted by molar-refractivity contribution is 5.78. The summed E-state index contributed by atoms with van der Waals surface area (Å²) in [5.74, 6) is 7.23. The number of likely N-dealkylation sites (N-methyl/N-ethyl adjacent to an activating group) is 1. The lowest BCUT2D eigenvalue weighted by Crippen LogP contribution is -2.48. The first kappa shape index (κ1) is 16.7. The van der Waals surface area contributed by atoms with E-state index in [0.29, 0.717) is 13.0 Å². The van der Waals surface area contributed by atoms with Crippen LogP contribution >= 0.6 is 0 Å². The Balaban J connectivity index is 0. The third kappa shape index (κ3) is 5.68. The van der Waals surface area contributed by atoms with Crippen LogP contribution in [-0.2, 0) is 4.79 Å². The van der Waals surface area contributed by atoms with Crippen LogP contribution in [0.4, 0.5) is 0 Å². The normalized spacial score (nSPS) is 14.1. The number of carboxylic acids is 1. The van der Waals surface area contributed by atoms with Crippen LogP contribution in [0.25, 0.3) is 0 Å². The Labute approximate surface area is 91.4 Å². The molecule has 0 spiro atoms. The standard InChI is InChI=1S/C9H20N2O2.H4N2/c1-9(8(12)13,11(2)3)6-4-5-7-10;1-2/h4-7,10H2,1-3H3,(H,12,13);1-2H2/t9-;/m0./s1. The molecule has 0 saturated carbocycles. The second-order valence-corrected chi connectivity index (χ2v) is 3.72. The van der Waals surface area contributed by atoms with Gasteiger partial charge in [-0.2, -0.15) is 0 Å². The van der Waals surface area contributed by atoms with Crippen LogP contribution in [0.5, 0.6) is 0 Å². The Morgan fingerprint density at radius 1 is 1.33 bits per heavy atom. The zero-order chi connectivity index (χ0) is 12.5. The molecular weight excluding hydrogens is 196 g/mol. The van der Waals surface area contributed by atoms with Crippen molar-refractivity contribution in [1.29, 1.82) is 0 Å². The Morgan fingerprint density at radius 2 is 1.80 bits per heavy atom. The molecule has 0 radical (unpaired) electrons. The predicted molar refractivity (Wildman–Crippen MR) is 61.0 cm³/mol. The van der Waals surface area contributed by atoms with Gasteiger partial charge in [-0.25, -0.2) is 0 Å². The second-order valence-electron chi connectivity index (χ2n) is 3.72. The fourth-order valence-corrected chi connectivity index (χ4v) is 1.14. The Hall–Kier alpha value is -0.690. The van der Waals surface area contributed by atoms with E-state index in [9.17, 15) is 4.79 Å². The molecule has 7 N–H and O–H groups in total. The van der Waals surface area contributed by atoms with Gasteiger partial charge in [-0.05, 0) is 46.8 Å². The van der Waals surface area contributed by atoms with Crippen molar-refractivity contribution in [1.82, 2.24) is 4.90 Å². The molecule has 0 fully saturated rings. The molecule has 0 heterocycles. The van der Waals surface area contributed by atoms with Gasteiger partial charge in [0, 0.05) is 0 Å². The summed E-state index contributed by atoms with van der Waals surface area (Å²) in [4.78, 5) is 12.7. The largest absolute Gasteiger partial charge is 0.480 e. The first-order chi connectivity index (χ1) is 6.95. The number of hydrogen-bond acceptors (Lipinski definition) is 5. The van der Waals surface area contributed by atoms with Crippen molar-refractivity contribution < 1.29 is 9.90 Å². The topological polar surface area (TPSA) is 119 Å². The summed E-state index contributed by atoms with van der Waals surface area (Å²) in [7, 11) is 3.58. The average Bonchev–Trinajstić information content (AvgIpc) is 2.20. The molecule has 0 aliphatic rings. The summed E-state index contributed by atoms with van der Waals surface area (Å²) in [5, 5.41) is 9.03. The van der Waals surface area contributed by atoms with Crippen molar-refractivity contribution >= 4 is 5.97 Å². The summed E-state index contributed by atoms with van der Waals surface area (Å²) < 4.78 is 0. The zero-order valence-electron chi connectivity index (χ0n) is 9.86. The average molecular weight is 220 g/mol. The van der Waals surface area contributed by atoms with Crippen LogP contribution < -0.4 is 17.4 Å². The van der Waals surface area contributed by atoms with Gasteiger partial charge >= 0.3 is 5.97 Å². The van der Waals surface area contributed by atoms with Crippen molar-refractivity contribution in [3.05, 3.63) is 0 Å². The molecule has 0 amide bonds. The van der Waals surface area contributed by atoms with Gasteiger partial charge < -0.3 is 10.8 Å². The summed E-state index contributed by atoms with van der Waals surface area (Å²) in [6, 6.07) is 0. The highest BCUT2D eigenvalue weighted by Crippen LogP contribution is 2.19. The Bertz CT molecular complexity index is 175. The highest BCUT2D eigenvalue weighted by atomic mass is 16.4. The number of rotatable bonds is 6. The number of hydrogen-bond donors (Lipinski definition) is 4. The summed E-state index contributed by atoms with van der Waals surface area (Å²) in [6.07, 6.45) is 2.39. The lowest BCUT2D eigenvalue weighted by atomic mass is 9.94. The minimum absolute atomic E-state index is 0.628. The number of hydrazine groups is 1. The van der Waals surface area contributed by atoms with E-state index in [1.807, 2.05) is 0 Å². The van der Waals surface area contributed by atoms with E-state index in [1.54, 1.807) is 25.9 Å². The van der Waals surface area contributed by atoms with Crippen LogP contribution in [0, 0.1) is 0 Å². The van der Waals surface area contributed by atoms with Gasteiger partial charge in [0.2, 0.25) is 0 Å². The van der Waals surface area contributed by atoms with Crippen LogP contribution in [-0.4, -0.2) is 42.2 Å². The molecule has 0 aromatic rings. The molecule has 15 heavy (non-hydrogen) atoms. The first-order valence-corrected chi connectivity index (χ1v) is 4.89. The summed E-state index contributed by atoms with van der Waals surface area (Å²) >= 11 is 0. The Morgan fingerprint density at radius 3 is 2.07 bits per heavy atom. The van der Waals surface area contributed by atoms with E-state index in [-0.39, 0.29) is 0 Å². The number of nitrogens with two attached hydrogens (primary N) is 3. The molecule has 92 valence electrons. The molecular formula is C9H24N4O2. The molecule has 0 saturated heterocycles. The maximum absolute atomic E-state index is 11.0. The van der Waals surface area contributed by atoms with Crippen LogP contribution in [0.15, 0.2) is 0 Å². The molecule has 0 aromatic heterocycles. The first-order valence-electron chi connectivity index (χ1n) is 4.89. The maximum atomic E-state index is 11.0. The van der Waals surface area contributed by atoms with Crippen molar-refractivity contribution in [2.75, 3.05) is 20.6 Å². The zero-order valence-corrected chi connectivity index (χ0v) is 9.86. The van der Waals surface area contributed by atoms with E-state index in [1.165, 1.54) is 0 Å². The van der Waals surface area contributed by atoms with Gasteiger partial charge in [-0.1, -0.05) is 0 Å². The molecule has 6 heteroatoms. The van der Waals surface area contributed by atoms with Crippen LogP contribution in [0.1, 0.15) is 26.2 Å². The second kappa shape index (κ2) is 8.60.